The largest absolute Gasteiger partial charge is 0.490 e. The fourth-order valence-electron chi connectivity index (χ4n) is 1.67. The zero-order valence-electron chi connectivity index (χ0n) is 11.1. The molecule has 2 rings (SSSR count). The van der Waals surface area contributed by atoms with Gasteiger partial charge >= 0.3 is 0 Å². The van der Waals surface area contributed by atoms with Crippen LogP contribution >= 0.6 is 11.6 Å². The van der Waals surface area contributed by atoms with Crippen LogP contribution in [0.4, 0.5) is 0 Å². The monoisotopic (exact) mass is 287 g/mol. The number of benzene rings is 2. The van der Waals surface area contributed by atoms with Crippen molar-refractivity contribution in [2.75, 3.05) is 13.2 Å². The summed E-state index contributed by atoms with van der Waals surface area (Å²) in [6, 6.07) is 14.6. The van der Waals surface area contributed by atoms with Crippen molar-refractivity contribution in [3.8, 4) is 17.6 Å². The number of ether oxygens (including phenoxy) is 2. The lowest BCUT2D eigenvalue weighted by Crippen LogP contribution is -2.09. The lowest BCUT2D eigenvalue weighted by atomic mass is 10.2. The van der Waals surface area contributed by atoms with Crippen LogP contribution in [-0.4, -0.2) is 13.2 Å². The van der Waals surface area contributed by atoms with Crippen LogP contribution in [0.5, 0.6) is 11.5 Å². The van der Waals surface area contributed by atoms with Gasteiger partial charge in [0.25, 0.3) is 0 Å². The highest BCUT2D eigenvalue weighted by molar-refractivity contribution is 6.30. The normalized spacial score (nSPS) is 9.85. The van der Waals surface area contributed by atoms with Gasteiger partial charge in [0.15, 0.2) is 0 Å². The second-order valence-corrected chi connectivity index (χ2v) is 4.68. The highest BCUT2D eigenvalue weighted by atomic mass is 35.5. The Bertz CT molecular complexity index is 617. The maximum Gasteiger partial charge on any atom is 0.123 e. The van der Waals surface area contributed by atoms with Crippen LogP contribution in [0.2, 0.25) is 5.02 Å². The Morgan fingerprint density at radius 2 is 1.75 bits per heavy atom. The molecule has 2 aromatic rings. The van der Waals surface area contributed by atoms with Gasteiger partial charge in [-0.2, -0.15) is 5.26 Å². The van der Waals surface area contributed by atoms with Gasteiger partial charge in [-0.1, -0.05) is 17.7 Å². The van der Waals surface area contributed by atoms with Crippen LogP contribution in [-0.2, 0) is 0 Å². The van der Waals surface area contributed by atoms with Gasteiger partial charge < -0.3 is 9.47 Å². The molecule has 0 fully saturated rings. The Morgan fingerprint density at radius 1 is 1.05 bits per heavy atom. The average molecular weight is 288 g/mol. The summed E-state index contributed by atoms with van der Waals surface area (Å²) in [5.41, 5.74) is 1.65. The molecule has 0 saturated carbocycles. The van der Waals surface area contributed by atoms with E-state index in [0.717, 1.165) is 17.1 Å². The third kappa shape index (κ3) is 3.91. The lowest BCUT2D eigenvalue weighted by Gasteiger charge is -2.10. The topological polar surface area (TPSA) is 42.2 Å². The molecule has 0 aromatic heterocycles. The number of hydrogen-bond acceptors (Lipinski definition) is 3. The van der Waals surface area contributed by atoms with Crippen molar-refractivity contribution in [3.63, 3.8) is 0 Å². The Hall–Kier alpha value is -2.18. The summed E-state index contributed by atoms with van der Waals surface area (Å²) in [5, 5.41) is 9.35. The van der Waals surface area contributed by atoms with Crippen molar-refractivity contribution in [1.82, 2.24) is 0 Å². The van der Waals surface area contributed by atoms with Gasteiger partial charge in [0.05, 0.1) is 11.6 Å². The molecule has 0 unspecified atom stereocenters. The maximum atomic E-state index is 8.70. The molecule has 0 saturated heterocycles. The summed E-state index contributed by atoms with van der Waals surface area (Å²) >= 11 is 5.92. The van der Waals surface area contributed by atoms with Crippen molar-refractivity contribution < 1.29 is 9.47 Å². The zero-order valence-corrected chi connectivity index (χ0v) is 11.9. The molecule has 3 nitrogen and oxygen atoms in total. The summed E-state index contributed by atoms with van der Waals surface area (Å²) in [6.07, 6.45) is 0. The summed E-state index contributed by atoms with van der Waals surface area (Å²) in [6.45, 7) is 2.83. The minimum atomic E-state index is 0.428. The molecular formula is C16H14ClNO2. The fourth-order valence-corrected chi connectivity index (χ4v) is 1.83. The second-order valence-electron chi connectivity index (χ2n) is 4.24. The molecule has 0 aliphatic carbocycles. The molecule has 0 aliphatic heterocycles. The van der Waals surface area contributed by atoms with E-state index < -0.39 is 0 Å². The smallest absolute Gasteiger partial charge is 0.123 e. The molecule has 0 radical (unpaired) electrons. The molecule has 2 aromatic carbocycles. The molecule has 0 atom stereocenters. The third-order valence-electron chi connectivity index (χ3n) is 2.74. The highest BCUT2D eigenvalue weighted by Crippen LogP contribution is 2.22. The Morgan fingerprint density at radius 3 is 2.45 bits per heavy atom. The molecule has 0 N–H and O–H groups in total. The van der Waals surface area contributed by atoms with Crippen molar-refractivity contribution >= 4 is 11.6 Å². The lowest BCUT2D eigenvalue weighted by molar-refractivity contribution is 0.216. The van der Waals surface area contributed by atoms with Crippen molar-refractivity contribution in [2.24, 2.45) is 0 Å². The Kier molecular flexibility index (Phi) is 4.86. The SMILES string of the molecule is Cc1ccc(Cl)cc1OCCOc1ccc(C#N)cc1. The molecule has 0 amide bonds. The summed E-state index contributed by atoms with van der Waals surface area (Å²) in [4.78, 5) is 0. The molecule has 0 heterocycles. The molecule has 0 bridgehead atoms. The summed E-state index contributed by atoms with van der Waals surface area (Å²) in [5.74, 6) is 1.48. The summed E-state index contributed by atoms with van der Waals surface area (Å²) < 4.78 is 11.2. The van der Waals surface area contributed by atoms with Gasteiger partial charge in [0.1, 0.15) is 24.7 Å². The molecule has 4 heteroatoms. The van der Waals surface area contributed by atoms with E-state index in [1.165, 1.54) is 0 Å². The zero-order chi connectivity index (χ0) is 14.4. The van der Waals surface area contributed by atoms with Crippen molar-refractivity contribution in [1.29, 1.82) is 5.26 Å². The number of nitriles is 1. The third-order valence-corrected chi connectivity index (χ3v) is 2.98. The fraction of sp³-hybridized carbons (Fsp3) is 0.188. The van der Waals surface area contributed by atoms with E-state index >= 15 is 0 Å². The highest BCUT2D eigenvalue weighted by Gasteiger charge is 2.01. The standard InChI is InChI=1S/C16H14ClNO2/c1-12-2-5-14(17)10-16(12)20-9-8-19-15-6-3-13(11-18)4-7-15/h2-7,10H,8-9H2,1H3. The predicted octanol–water partition coefficient (Wildman–Crippen LogP) is 3.98. The van der Waals surface area contributed by atoms with Crippen molar-refractivity contribution in [2.45, 2.75) is 6.92 Å². The molecule has 102 valence electrons. The number of rotatable bonds is 5. The van der Waals surface area contributed by atoms with E-state index in [1.54, 1.807) is 30.3 Å². The first kappa shape index (κ1) is 14.2. The Balaban J connectivity index is 1.81. The van der Waals surface area contributed by atoms with Crippen LogP contribution in [0, 0.1) is 18.3 Å². The number of aryl methyl sites for hydroxylation is 1. The quantitative estimate of drug-likeness (QED) is 0.781. The predicted molar refractivity (Wildman–Crippen MR) is 78.3 cm³/mol. The molecule has 0 aliphatic rings. The summed E-state index contributed by atoms with van der Waals surface area (Å²) in [7, 11) is 0. The first-order valence-electron chi connectivity index (χ1n) is 6.21. The first-order valence-corrected chi connectivity index (χ1v) is 6.59. The maximum absolute atomic E-state index is 8.70. The van der Waals surface area contributed by atoms with Crippen LogP contribution in [0.3, 0.4) is 0 Å². The van der Waals surface area contributed by atoms with Gasteiger partial charge in [0.2, 0.25) is 0 Å². The minimum Gasteiger partial charge on any atom is -0.490 e. The van der Waals surface area contributed by atoms with E-state index in [1.807, 2.05) is 19.1 Å². The Labute approximate surface area is 123 Å². The van der Waals surface area contributed by atoms with Gasteiger partial charge in [-0.3, -0.25) is 0 Å². The first-order chi connectivity index (χ1) is 9.69. The van der Waals surface area contributed by atoms with Crippen LogP contribution in [0.25, 0.3) is 0 Å². The van der Waals surface area contributed by atoms with Gasteiger partial charge in [0, 0.05) is 5.02 Å². The number of hydrogen-bond donors (Lipinski definition) is 0. The van der Waals surface area contributed by atoms with Crippen LogP contribution < -0.4 is 9.47 Å². The average Bonchev–Trinajstić information content (AvgIpc) is 2.47. The molecule has 20 heavy (non-hydrogen) atoms. The van der Waals surface area contributed by atoms with Crippen LogP contribution in [0.1, 0.15) is 11.1 Å². The van der Waals surface area contributed by atoms with Crippen molar-refractivity contribution in [3.05, 3.63) is 58.6 Å². The number of nitrogens with zero attached hydrogens (tertiary/aromatic N) is 1. The molecule has 0 spiro atoms. The van der Waals surface area contributed by atoms with E-state index in [9.17, 15) is 0 Å². The van der Waals surface area contributed by atoms with E-state index in [4.69, 9.17) is 26.3 Å². The van der Waals surface area contributed by atoms with Crippen LogP contribution in [0.15, 0.2) is 42.5 Å². The minimum absolute atomic E-state index is 0.428. The molecular weight excluding hydrogens is 274 g/mol. The van der Waals surface area contributed by atoms with E-state index in [-0.39, 0.29) is 0 Å². The second kappa shape index (κ2) is 6.83. The van der Waals surface area contributed by atoms with Gasteiger partial charge in [-0.25, -0.2) is 0 Å². The number of halogens is 1. The van der Waals surface area contributed by atoms with E-state index in [0.29, 0.717) is 23.8 Å². The van der Waals surface area contributed by atoms with Gasteiger partial charge in [-0.15, -0.1) is 0 Å². The van der Waals surface area contributed by atoms with E-state index in [2.05, 4.69) is 6.07 Å². The van der Waals surface area contributed by atoms with Gasteiger partial charge in [-0.05, 0) is 48.9 Å².